The highest BCUT2D eigenvalue weighted by molar-refractivity contribution is 8.00. The third kappa shape index (κ3) is 5.21. The zero-order valence-corrected chi connectivity index (χ0v) is 14.4. The molecule has 0 atom stereocenters. The van der Waals surface area contributed by atoms with E-state index in [2.05, 4.69) is 5.32 Å². The Hall–Kier alpha value is -2.14. The summed E-state index contributed by atoms with van der Waals surface area (Å²) < 4.78 is 10.5. The van der Waals surface area contributed by atoms with Crippen molar-refractivity contribution in [3.05, 3.63) is 53.6 Å². The van der Waals surface area contributed by atoms with E-state index in [0.29, 0.717) is 23.8 Å². The van der Waals surface area contributed by atoms with E-state index in [0.717, 1.165) is 10.5 Å². The summed E-state index contributed by atoms with van der Waals surface area (Å²) in [6, 6.07) is 13.8. The Morgan fingerprint density at radius 1 is 1.04 bits per heavy atom. The minimum Gasteiger partial charge on any atom is -0.493 e. The van der Waals surface area contributed by atoms with E-state index in [-0.39, 0.29) is 5.91 Å². The van der Waals surface area contributed by atoms with E-state index in [1.165, 1.54) is 17.3 Å². The lowest BCUT2D eigenvalue weighted by Gasteiger charge is -2.10. The van der Waals surface area contributed by atoms with Gasteiger partial charge in [0.05, 0.1) is 20.0 Å². The Labute approximate surface area is 141 Å². The molecule has 0 radical (unpaired) electrons. The zero-order chi connectivity index (χ0) is 16.7. The second kappa shape index (κ2) is 8.48. The number of ether oxygens (including phenoxy) is 2. The molecular weight excluding hydrogens is 310 g/mol. The van der Waals surface area contributed by atoms with Crippen molar-refractivity contribution >= 4 is 17.7 Å². The molecule has 1 N–H and O–H groups in total. The van der Waals surface area contributed by atoms with E-state index in [4.69, 9.17) is 9.47 Å². The van der Waals surface area contributed by atoms with Crippen LogP contribution in [0.4, 0.5) is 0 Å². The summed E-state index contributed by atoms with van der Waals surface area (Å²) in [5.74, 6) is 1.74. The third-order valence-electron chi connectivity index (χ3n) is 3.33. The maximum Gasteiger partial charge on any atom is 0.230 e. The number of benzene rings is 2. The molecule has 0 aliphatic carbocycles. The van der Waals surface area contributed by atoms with Gasteiger partial charge in [-0.3, -0.25) is 4.79 Å². The molecule has 23 heavy (non-hydrogen) atoms. The average molecular weight is 331 g/mol. The summed E-state index contributed by atoms with van der Waals surface area (Å²) in [5, 5.41) is 2.91. The van der Waals surface area contributed by atoms with Crippen LogP contribution in [-0.2, 0) is 11.3 Å². The number of carbonyl (C=O) groups excluding carboxylic acids is 1. The molecule has 0 heterocycles. The third-order valence-corrected chi connectivity index (χ3v) is 4.34. The first-order chi connectivity index (χ1) is 11.1. The Balaban J connectivity index is 1.83. The van der Waals surface area contributed by atoms with Crippen molar-refractivity contribution in [3.8, 4) is 11.5 Å². The Morgan fingerprint density at radius 3 is 2.39 bits per heavy atom. The average Bonchev–Trinajstić information content (AvgIpc) is 2.59. The van der Waals surface area contributed by atoms with Crippen molar-refractivity contribution in [2.45, 2.75) is 18.4 Å². The van der Waals surface area contributed by atoms with Crippen LogP contribution < -0.4 is 14.8 Å². The van der Waals surface area contributed by atoms with Crippen LogP contribution in [0.2, 0.25) is 0 Å². The van der Waals surface area contributed by atoms with Crippen molar-refractivity contribution in [2.75, 3.05) is 20.0 Å². The highest BCUT2D eigenvalue weighted by atomic mass is 32.2. The molecular formula is C18H21NO3S. The molecule has 2 aromatic rings. The smallest absolute Gasteiger partial charge is 0.230 e. The van der Waals surface area contributed by atoms with Crippen LogP contribution in [0, 0.1) is 6.92 Å². The van der Waals surface area contributed by atoms with Crippen LogP contribution in [0.3, 0.4) is 0 Å². The fourth-order valence-electron chi connectivity index (χ4n) is 2.03. The summed E-state index contributed by atoms with van der Waals surface area (Å²) in [5.41, 5.74) is 2.18. The number of carbonyl (C=O) groups is 1. The Kier molecular flexibility index (Phi) is 6.35. The molecule has 0 fully saturated rings. The summed E-state index contributed by atoms with van der Waals surface area (Å²) >= 11 is 1.53. The molecule has 1 amide bonds. The van der Waals surface area contributed by atoms with Gasteiger partial charge in [0.25, 0.3) is 0 Å². The summed E-state index contributed by atoms with van der Waals surface area (Å²) in [7, 11) is 3.19. The molecule has 0 bridgehead atoms. The van der Waals surface area contributed by atoms with Crippen LogP contribution in [0.15, 0.2) is 47.4 Å². The van der Waals surface area contributed by atoms with Gasteiger partial charge in [0, 0.05) is 11.4 Å². The number of hydrogen-bond donors (Lipinski definition) is 1. The number of aryl methyl sites for hydroxylation is 1. The van der Waals surface area contributed by atoms with Crippen molar-refractivity contribution in [1.29, 1.82) is 0 Å². The molecule has 0 spiro atoms. The molecule has 5 heteroatoms. The monoisotopic (exact) mass is 331 g/mol. The van der Waals surface area contributed by atoms with Gasteiger partial charge in [-0.1, -0.05) is 23.8 Å². The molecule has 0 aliphatic rings. The van der Waals surface area contributed by atoms with Gasteiger partial charge in [0.2, 0.25) is 5.91 Å². The van der Waals surface area contributed by atoms with Gasteiger partial charge in [0.1, 0.15) is 0 Å². The van der Waals surface area contributed by atoms with Gasteiger partial charge in [0.15, 0.2) is 11.5 Å². The Morgan fingerprint density at radius 2 is 1.74 bits per heavy atom. The van der Waals surface area contributed by atoms with Crippen molar-refractivity contribution in [1.82, 2.24) is 5.32 Å². The second-order valence-electron chi connectivity index (χ2n) is 5.07. The number of hydrogen-bond acceptors (Lipinski definition) is 4. The van der Waals surface area contributed by atoms with E-state index in [1.54, 1.807) is 14.2 Å². The van der Waals surface area contributed by atoms with Crippen LogP contribution in [-0.4, -0.2) is 25.9 Å². The maximum absolute atomic E-state index is 11.9. The fraction of sp³-hybridized carbons (Fsp3) is 0.278. The highest BCUT2D eigenvalue weighted by Gasteiger charge is 2.06. The first-order valence-corrected chi connectivity index (χ1v) is 8.28. The van der Waals surface area contributed by atoms with Crippen molar-refractivity contribution in [3.63, 3.8) is 0 Å². The number of amides is 1. The number of nitrogens with one attached hydrogen (secondary N) is 1. The predicted molar refractivity (Wildman–Crippen MR) is 93.3 cm³/mol. The molecule has 0 aliphatic heterocycles. The van der Waals surface area contributed by atoms with E-state index >= 15 is 0 Å². The van der Waals surface area contributed by atoms with E-state index in [1.807, 2.05) is 49.4 Å². The van der Waals surface area contributed by atoms with Crippen LogP contribution in [0.1, 0.15) is 11.1 Å². The number of thioether (sulfide) groups is 1. The van der Waals surface area contributed by atoms with Gasteiger partial charge >= 0.3 is 0 Å². The first kappa shape index (κ1) is 17.2. The molecule has 2 aromatic carbocycles. The molecule has 2 rings (SSSR count). The van der Waals surface area contributed by atoms with Crippen LogP contribution in [0.25, 0.3) is 0 Å². The highest BCUT2D eigenvalue weighted by Crippen LogP contribution is 2.27. The maximum atomic E-state index is 11.9. The summed E-state index contributed by atoms with van der Waals surface area (Å²) in [6.07, 6.45) is 0. The lowest BCUT2D eigenvalue weighted by molar-refractivity contribution is -0.118. The van der Waals surface area contributed by atoms with Gasteiger partial charge in [-0.05, 0) is 36.8 Å². The van der Waals surface area contributed by atoms with Gasteiger partial charge in [-0.25, -0.2) is 0 Å². The largest absolute Gasteiger partial charge is 0.493 e. The van der Waals surface area contributed by atoms with Crippen molar-refractivity contribution in [2.24, 2.45) is 0 Å². The summed E-state index contributed by atoms with van der Waals surface area (Å²) in [6.45, 7) is 2.51. The van der Waals surface area contributed by atoms with E-state index < -0.39 is 0 Å². The van der Waals surface area contributed by atoms with Gasteiger partial charge in [-0.15, -0.1) is 11.8 Å². The predicted octanol–water partition coefficient (Wildman–Crippen LogP) is 3.42. The number of methoxy groups -OCH3 is 2. The fourth-order valence-corrected chi connectivity index (χ4v) is 2.75. The molecule has 0 aromatic heterocycles. The van der Waals surface area contributed by atoms with Crippen LogP contribution in [0.5, 0.6) is 11.5 Å². The minimum atomic E-state index is 0.00496. The van der Waals surface area contributed by atoms with Crippen molar-refractivity contribution < 1.29 is 14.3 Å². The van der Waals surface area contributed by atoms with Crippen LogP contribution >= 0.6 is 11.8 Å². The normalized spacial score (nSPS) is 10.2. The standard InChI is InChI=1S/C18H21NO3S/c1-13-4-7-15(8-5-13)23-12-18(20)19-11-14-6-9-16(21-2)17(10-14)22-3/h4-10H,11-12H2,1-3H3,(H,19,20). The SMILES string of the molecule is COc1ccc(CNC(=O)CSc2ccc(C)cc2)cc1OC. The van der Waals surface area contributed by atoms with Gasteiger partial charge < -0.3 is 14.8 Å². The second-order valence-corrected chi connectivity index (χ2v) is 6.12. The quantitative estimate of drug-likeness (QED) is 0.790. The topological polar surface area (TPSA) is 47.6 Å². The molecule has 0 saturated carbocycles. The lowest BCUT2D eigenvalue weighted by Crippen LogP contribution is -2.24. The minimum absolute atomic E-state index is 0.00496. The summed E-state index contributed by atoms with van der Waals surface area (Å²) in [4.78, 5) is 13.0. The molecule has 0 unspecified atom stereocenters. The van der Waals surface area contributed by atoms with Gasteiger partial charge in [-0.2, -0.15) is 0 Å². The molecule has 0 saturated heterocycles. The lowest BCUT2D eigenvalue weighted by atomic mass is 10.2. The molecule has 122 valence electrons. The number of rotatable bonds is 7. The first-order valence-electron chi connectivity index (χ1n) is 7.29. The Bertz CT molecular complexity index is 656. The molecule has 4 nitrogen and oxygen atoms in total. The zero-order valence-electron chi connectivity index (χ0n) is 13.6. The van der Waals surface area contributed by atoms with E-state index in [9.17, 15) is 4.79 Å².